The van der Waals surface area contributed by atoms with Gasteiger partial charge in [0.05, 0.1) is 17.0 Å². The van der Waals surface area contributed by atoms with Crippen molar-refractivity contribution >= 4 is 10.0 Å². The molecule has 4 nitrogen and oxygen atoms in total. The number of nitrogens with one attached hydrogen (secondary N) is 1. The van der Waals surface area contributed by atoms with Crippen LogP contribution in [0, 0.1) is 5.92 Å². The highest BCUT2D eigenvalue weighted by Crippen LogP contribution is 2.21. The van der Waals surface area contributed by atoms with Gasteiger partial charge in [0.1, 0.15) is 6.17 Å². The summed E-state index contributed by atoms with van der Waals surface area (Å²) in [6, 6.07) is 7.32. The van der Waals surface area contributed by atoms with Gasteiger partial charge in [0, 0.05) is 6.42 Å². The Labute approximate surface area is 145 Å². The number of hydrogen-bond donors (Lipinski definition) is 2. The fraction of sp³-hybridized carbons (Fsp3) is 0.667. The molecule has 0 bridgehead atoms. The van der Waals surface area contributed by atoms with E-state index >= 15 is 0 Å². The Morgan fingerprint density at radius 2 is 1.83 bits per heavy atom. The highest BCUT2D eigenvalue weighted by molar-refractivity contribution is 7.89. The Kier molecular flexibility index (Phi) is 8.87. The number of hydrogen-bond acceptors (Lipinski definition) is 3. The maximum atomic E-state index is 14.0. The number of rotatable bonds is 11. The Hall–Kier alpha value is -0.980. The highest BCUT2D eigenvalue weighted by atomic mass is 32.2. The zero-order valence-electron chi connectivity index (χ0n) is 14.8. The van der Waals surface area contributed by atoms with Crippen molar-refractivity contribution in [3.63, 3.8) is 0 Å². The summed E-state index contributed by atoms with van der Waals surface area (Å²) in [4.78, 5) is 0.147. The topological polar surface area (TPSA) is 66.4 Å². The molecule has 1 aromatic rings. The molecular weight excluding hydrogens is 329 g/mol. The van der Waals surface area contributed by atoms with Crippen LogP contribution < -0.4 is 4.72 Å². The summed E-state index contributed by atoms with van der Waals surface area (Å²) in [6.07, 6.45) is 0.519. The van der Waals surface area contributed by atoms with Gasteiger partial charge in [0.15, 0.2) is 0 Å². The van der Waals surface area contributed by atoms with Crippen molar-refractivity contribution in [2.45, 2.75) is 76.1 Å². The van der Waals surface area contributed by atoms with E-state index in [0.29, 0.717) is 12.8 Å². The molecule has 0 fully saturated rings. The van der Waals surface area contributed by atoms with Gasteiger partial charge in [0.25, 0.3) is 0 Å². The van der Waals surface area contributed by atoms with Gasteiger partial charge in [0.2, 0.25) is 10.0 Å². The average Bonchev–Trinajstić information content (AvgIpc) is 2.57. The molecule has 6 heteroatoms. The lowest BCUT2D eigenvalue weighted by Gasteiger charge is -2.29. The summed E-state index contributed by atoms with van der Waals surface area (Å²) in [5.74, 6) is -0.100. The number of halogens is 1. The van der Waals surface area contributed by atoms with E-state index in [4.69, 9.17) is 0 Å². The second kappa shape index (κ2) is 10.1. The third-order valence-corrected chi connectivity index (χ3v) is 5.86. The number of aliphatic hydroxyl groups is 1. The largest absolute Gasteiger partial charge is 0.391 e. The molecule has 2 N–H and O–H groups in total. The minimum absolute atomic E-state index is 0.0493. The van der Waals surface area contributed by atoms with Crippen molar-refractivity contribution < 1.29 is 17.9 Å². The molecule has 138 valence electrons. The SMILES string of the molecule is CCCCC(F)C[C@H](O)[C@@H](NS(=O)(=O)c1ccccc1)[C@@H](C)CC. The zero-order chi connectivity index (χ0) is 18.2. The van der Waals surface area contributed by atoms with E-state index in [0.717, 1.165) is 12.8 Å². The van der Waals surface area contributed by atoms with Crippen molar-refractivity contribution in [1.29, 1.82) is 0 Å². The molecule has 0 aliphatic rings. The van der Waals surface area contributed by atoms with Gasteiger partial charge in [-0.05, 0) is 24.5 Å². The van der Waals surface area contributed by atoms with E-state index in [1.54, 1.807) is 18.2 Å². The van der Waals surface area contributed by atoms with Gasteiger partial charge in [-0.25, -0.2) is 17.5 Å². The summed E-state index contributed by atoms with van der Waals surface area (Å²) in [6.45, 7) is 5.77. The second-order valence-electron chi connectivity index (χ2n) is 6.39. The van der Waals surface area contributed by atoms with Crippen LogP contribution in [0.2, 0.25) is 0 Å². The van der Waals surface area contributed by atoms with Gasteiger partial charge in [-0.2, -0.15) is 0 Å². The van der Waals surface area contributed by atoms with Crippen LogP contribution in [0.1, 0.15) is 52.9 Å². The van der Waals surface area contributed by atoms with Crippen LogP contribution in [0.25, 0.3) is 0 Å². The summed E-state index contributed by atoms with van der Waals surface area (Å²) in [5, 5.41) is 10.4. The maximum Gasteiger partial charge on any atom is 0.240 e. The van der Waals surface area contributed by atoms with E-state index in [1.807, 2.05) is 20.8 Å². The Morgan fingerprint density at radius 1 is 1.21 bits per heavy atom. The lowest BCUT2D eigenvalue weighted by Crippen LogP contribution is -2.48. The van der Waals surface area contributed by atoms with Gasteiger partial charge in [-0.3, -0.25) is 0 Å². The minimum atomic E-state index is -3.74. The van der Waals surface area contributed by atoms with Crippen molar-refractivity contribution in [2.24, 2.45) is 5.92 Å². The van der Waals surface area contributed by atoms with Crippen molar-refractivity contribution in [1.82, 2.24) is 4.72 Å². The third kappa shape index (κ3) is 6.49. The van der Waals surface area contributed by atoms with Crippen LogP contribution >= 0.6 is 0 Å². The molecule has 0 saturated heterocycles. The molecule has 4 atom stereocenters. The first kappa shape index (κ1) is 21.1. The quantitative estimate of drug-likeness (QED) is 0.634. The summed E-state index contributed by atoms with van der Waals surface area (Å²) < 4.78 is 41.6. The number of benzene rings is 1. The second-order valence-corrected chi connectivity index (χ2v) is 8.10. The molecule has 0 heterocycles. The summed E-state index contributed by atoms with van der Waals surface area (Å²) >= 11 is 0. The normalized spacial score (nSPS) is 17.2. The van der Waals surface area contributed by atoms with Gasteiger partial charge >= 0.3 is 0 Å². The summed E-state index contributed by atoms with van der Waals surface area (Å²) in [5.41, 5.74) is 0. The zero-order valence-corrected chi connectivity index (χ0v) is 15.6. The molecule has 0 aliphatic carbocycles. The maximum absolute atomic E-state index is 14.0. The van der Waals surface area contributed by atoms with Gasteiger partial charge in [-0.15, -0.1) is 0 Å². The number of unbranched alkanes of at least 4 members (excludes halogenated alkanes) is 1. The van der Waals surface area contributed by atoms with E-state index in [-0.39, 0.29) is 17.2 Å². The van der Waals surface area contributed by atoms with E-state index < -0.39 is 28.3 Å². The molecular formula is C18H30FNO3S. The van der Waals surface area contributed by atoms with E-state index in [1.165, 1.54) is 12.1 Å². The van der Waals surface area contributed by atoms with E-state index in [2.05, 4.69) is 4.72 Å². The molecule has 0 saturated carbocycles. The fourth-order valence-electron chi connectivity index (χ4n) is 2.63. The molecule has 1 unspecified atom stereocenters. The molecule has 1 rings (SSSR count). The Bertz CT molecular complexity index is 565. The summed E-state index contributed by atoms with van der Waals surface area (Å²) in [7, 11) is -3.74. The average molecular weight is 360 g/mol. The van der Waals surface area contributed by atoms with Gasteiger partial charge in [-0.1, -0.05) is 58.2 Å². The monoisotopic (exact) mass is 359 g/mol. The van der Waals surface area contributed by atoms with Crippen molar-refractivity contribution in [3.05, 3.63) is 30.3 Å². The lowest BCUT2D eigenvalue weighted by atomic mass is 9.92. The molecule has 0 spiro atoms. The molecule has 0 amide bonds. The van der Waals surface area contributed by atoms with Gasteiger partial charge < -0.3 is 5.11 Å². The number of aliphatic hydroxyl groups excluding tert-OH is 1. The molecule has 24 heavy (non-hydrogen) atoms. The van der Waals surface area contributed by atoms with Crippen LogP contribution in [0.3, 0.4) is 0 Å². The van der Waals surface area contributed by atoms with Crippen LogP contribution in [-0.4, -0.2) is 31.8 Å². The van der Waals surface area contributed by atoms with Crippen LogP contribution in [0.5, 0.6) is 0 Å². The van der Waals surface area contributed by atoms with Crippen molar-refractivity contribution in [3.8, 4) is 0 Å². The number of alkyl halides is 1. The fourth-order valence-corrected chi connectivity index (χ4v) is 4.03. The van der Waals surface area contributed by atoms with Crippen LogP contribution in [0.4, 0.5) is 4.39 Å². The predicted octanol–water partition coefficient (Wildman–Crippen LogP) is 3.66. The Balaban J connectivity index is 2.85. The van der Waals surface area contributed by atoms with E-state index in [9.17, 15) is 17.9 Å². The molecule has 0 radical (unpaired) electrons. The standard InChI is InChI=1S/C18H30FNO3S/c1-4-6-10-15(19)13-17(21)18(14(3)5-2)20-24(22,23)16-11-8-7-9-12-16/h7-9,11-12,14-15,17-18,20-21H,4-6,10,13H2,1-3H3/t14-,15?,17-,18-/m0/s1. The lowest BCUT2D eigenvalue weighted by molar-refractivity contribution is 0.0742. The minimum Gasteiger partial charge on any atom is -0.391 e. The first-order valence-corrected chi connectivity index (χ1v) is 10.2. The first-order valence-electron chi connectivity index (χ1n) is 8.71. The molecule has 0 aliphatic heterocycles. The smallest absolute Gasteiger partial charge is 0.240 e. The predicted molar refractivity (Wildman–Crippen MR) is 95.1 cm³/mol. The first-order chi connectivity index (χ1) is 11.3. The highest BCUT2D eigenvalue weighted by Gasteiger charge is 2.31. The number of sulfonamides is 1. The molecule has 1 aromatic carbocycles. The van der Waals surface area contributed by atoms with Crippen LogP contribution in [0.15, 0.2) is 35.2 Å². The van der Waals surface area contributed by atoms with Crippen molar-refractivity contribution in [2.75, 3.05) is 0 Å². The molecule has 0 aromatic heterocycles. The third-order valence-electron chi connectivity index (χ3n) is 4.38. The van der Waals surface area contributed by atoms with Crippen LogP contribution in [-0.2, 0) is 10.0 Å². The Morgan fingerprint density at radius 3 is 2.38 bits per heavy atom.